The highest BCUT2D eigenvalue weighted by atomic mass is 35.5. The Kier molecular flexibility index (Phi) is 7.33. The first-order valence-corrected chi connectivity index (χ1v) is 9.78. The van der Waals surface area contributed by atoms with Crippen LogP contribution in [-0.2, 0) is 4.79 Å². The van der Waals surface area contributed by atoms with Crippen molar-refractivity contribution in [3.63, 3.8) is 0 Å². The van der Waals surface area contributed by atoms with Gasteiger partial charge in [0.05, 0.1) is 18.0 Å². The molecular formula is C20H31ClN4O. The molecule has 1 fully saturated rings. The summed E-state index contributed by atoms with van der Waals surface area (Å²) >= 11 is 5.97. The van der Waals surface area contributed by atoms with Crippen molar-refractivity contribution in [3.05, 3.63) is 34.9 Å². The monoisotopic (exact) mass is 378 g/mol. The Morgan fingerprint density at radius 3 is 2.42 bits per heavy atom. The highest BCUT2D eigenvalue weighted by Crippen LogP contribution is 2.39. The fourth-order valence-corrected chi connectivity index (χ4v) is 3.68. The number of aliphatic imine (C=N–C) groups is 1. The van der Waals surface area contributed by atoms with Gasteiger partial charge in [-0.25, -0.2) is 0 Å². The van der Waals surface area contributed by atoms with Crippen LogP contribution in [0.4, 0.5) is 0 Å². The third-order valence-electron chi connectivity index (χ3n) is 5.03. The molecule has 1 amide bonds. The second kappa shape index (κ2) is 9.26. The summed E-state index contributed by atoms with van der Waals surface area (Å²) < 4.78 is 0. The van der Waals surface area contributed by atoms with Crippen LogP contribution in [0.25, 0.3) is 0 Å². The van der Waals surface area contributed by atoms with Gasteiger partial charge in [-0.15, -0.1) is 0 Å². The van der Waals surface area contributed by atoms with Gasteiger partial charge < -0.3 is 15.5 Å². The van der Waals surface area contributed by atoms with Crippen LogP contribution in [0.1, 0.15) is 51.1 Å². The molecule has 0 aliphatic heterocycles. The van der Waals surface area contributed by atoms with Gasteiger partial charge in [0.15, 0.2) is 5.96 Å². The van der Waals surface area contributed by atoms with Crippen LogP contribution in [-0.4, -0.2) is 44.0 Å². The van der Waals surface area contributed by atoms with Gasteiger partial charge in [-0.3, -0.25) is 9.79 Å². The van der Waals surface area contributed by atoms with Crippen LogP contribution in [0.5, 0.6) is 0 Å². The van der Waals surface area contributed by atoms with Crippen molar-refractivity contribution in [2.75, 3.05) is 27.2 Å². The first-order valence-electron chi connectivity index (χ1n) is 9.40. The lowest BCUT2D eigenvalue weighted by molar-refractivity contribution is -0.138. The smallest absolute Gasteiger partial charge is 0.230 e. The number of hydrogen-bond acceptors (Lipinski definition) is 2. The molecule has 1 aromatic rings. The number of nitrogens with one attached hydrogen (secondary N) is 2. The van der Waals surface area contributed by atoms with E-state index in [9.17, 15) is 4.79 Å². The van der Waals surface area contributed by atoms with Crippen LogP contribution >= 0.6 is 11.6 Å². The normalized spacial score (nSPS) is 17.7. The Hall–Kier alpha value is -1.75. The molecule has 2 N–H and O–H groups in total. The zero-order valence-corrected chi connectivity index (χ0v) is 17.1. The van der Waals surface area contributed by atoms with E-state index in [4.69, 9.17) is 16.6 Å². The molecule has 0 aromatic heterocycles. The second-order valence-electron chi connectivity index (χ2n) is 7.30. The van der Waals surface area contributed by atoms with Crippen molar-refractivity contribution in [1.29, 1.82) is 0 Å². The summed E-state index contributed by atoms with van der Waals surface area (Å²) in [4.78, 5) is 19.2. The van der Waals surface area contributed by atoms with Gasteiger partial charge in [-0.05, 0) is 44.4 Å². The number of carbonyl (C=O) groups is 1. The molecule has 1 aliphatic rings. The fraction of sp³-hybridized carbons (Fsp3) is 0.600. The topological polar surface area (TPSA) is 56.7 Å². The van der Waals surface area contributed by atoms with Crippen LogP contribution in [0.3, 0.4) is 0 Å². The molecule has 1 unspecified atom stereocenters. The zero-order valence-electron chi connectivity index (χ0n) is 16.3. The summed E-state index contributed by atoms with van der Waals surface area (Å²) in [6.45, 7) is 5.42. The molecule has 26 heavy (non-hydrogen) atoms. The molecular weight excluding hydrogens is 348 g/mol. The van der Waals surface area contributed by atoms with Gasteiger partial charge >= 0.3 is 0 Å². The standard InChI is InChI=1S/C20H31ClN4O/c1-5-22-19(24-15(2)16-8-10-17(21)11-9-16)23-14-20(12-6-7-13-20)18(26)25(3)4/h8-11,15H,5-7,12-14H2,1-4H3,(H2,22,23,24). The van der Waals surface area contributed by atoms with Gasteiger partial charge in [0, 0.05) is 25.7 Å². The van der Waals surface area contributed by atoms with Gasteiger partial charge in [0.1, 0.15) is 0 Å². The maximum Gasteiger partial charge on any atom is 0.230 e. The van der Waals surface area contributed by atoms with Crippen LogP contribution in [0.2, 0.25) is 5.02 Å². The maximum atomic E-state index is 12.7. The summed E-state index contributed by atoms with van der Waals surface area (Å²) in [6, 6.07) is 7.90. The maximum absolute atomic E-state index is 12.7. The predicted molar refractivity (Wildman–Crippen MR) is 109 cm³/mol. The molecule has 144 valence electrons. The minimum Gasteiger partial charge on any atom is -0.357 e. The van der Waals surface area contributed by atoms with E-state index >= 15 is 0 Å². The molecule has 2 rings (SSSR count). The summed E-state index contributed by atoms with van der Waals surface area (Å²) in [5.74, 6) is 0.938. The second-order valence-corrected chi connectivity index (χ2v) is 7.74. The van der Waals surface area contributed by atoms with Crippen molar-refractivity contribution < 1.29 is 4.79 Å². The minimum absolute atomic E-state index is 0.0918. The summed E-state index contributed by atoms with van der Waals surface area (Å²) in [6.07, 6.45) is 4.03. The lowest BCUT2D eigenvalue weighted by Gasteiger charge is -2.29. The number of rotatable bonds is 6. The number of benzene rings is 1. The first-order chi connectivity index (χ1) is 12.4. The fourth-order valence-electron chi connectivity index (χ4n) is 3.56. The van der Waals surface area contributed by atoms with Gasteiger partial charge in [0.2, 0.25) is 5.91 Å². The number of halogens is 1. The summed E-state index contributed by atoms with van der Waals surface area (Å²) in [5.41, 5.74) is 0.787. The Labute approximate surface area is 162 Å². The first kappa shape index (κ1) is 20.6. The number of hydrogen-bond donors (Lipinski definition) is 2. The van der Waals surface area contributed by atoms with E-state index in [0.29, 0.717) is 6.54 Å². The van der Waals surface area contributed by atoms with Gasteiger partial charge in [-0.2, -0.15) is 0 Å². The quantitative estimate of drug-likeness (QED) is 0.587. The van der Waals surface area contributed by atoms with Gasteiger partial charge in [0.25, 0.3) is 0 Å². The highest BCUT2D eigenvalue weighted by molar-refractivity contribution is 6.30. The average molecular weight is 379 g/mol. The zero-order chi connectivity index (χ0) is 19.2. The van der Waals surface area contributed by atoms with Crippen LogP contribution < -0.4 is 10.6 Å². The molecule has 0 bridgehead atoms. The third kappa shape index (κ3) is 5.13. The van der Waals surface area contributed by atoms with Gasteiger partial charge in [-0.1, -0.05) is 36.6 Å². The van der Waals surface area contributed by atoms with E-state index in [1.54, 1.807) is 4.90 Å². The molecule has 0 saturated heterocycles. The molecule has 1 atom stereocenters. The average Bonchev–Trinajstić information content (AvgIpc) is 3.09. The molecule has 0 heterocycles. The number of carbonyl (C=O) groups excluding carboxylic acids is 1. The number of nitrogens with zero attached hydrogens (tertiary/aromatic N) is 2. The lowest BCUT2D eigenvalue weighted by atomic mass is 9.85. The van der Waals surface area contributed by atoms with Crippen molar-refractivity contribution in [2.24, 2.45) is 10.4 Å². The van der Waals surface area contributed by atoms with E-state index in [0.717, 1.165) is 48.8 Å². The predicted octanol–water partition coefficient (Wildman–Crippen LogP) is 3.60. The van der Waals surface area contributed by atoms with E-state index in [1.165, 1.54) is 0 Å². The van der Waals surface area contributed by atoms with E-state index < -0.39 is 0 Å². The SMILES string of the molecule is CCNC(=NCC1(C(=O)N(C)C)CCCC1)NC(C)c1ccc(Cl)cc1. The molecule has 6 heteroatoms. The van der Waals surface area contributed by atoms with Crippen LogP contribution in [0.15, 0.2) is 29.3 Å². The number of amides is 1. The van der Waals surface area contributed by atoms with Crippen molar-refractivity contribution >= 4 is 23.5 Å². The van der Waals surface area contributed by atoms with Crippen molar-refractivity contribution in [3.8, 4) is 0 Å². The lowest BCUT2D eigenvalue weighted by Crippen LogP contribution is -2.43. The van der Waals surface area contributed by atoms with Crippen molar-refractivity contribution in [2.45, 2.75) is 45.6 Å². The van der Waals surface area contributed by atoms with E-state index in [2.05, 4.69) is 17.6 Å². The molecule has 0 radical (unpaired) electrons. The third-order valence-corrected chi connectivity index (χ3v) is 5.28. The van der Waals surface area contributed by atoms with E-state index in [-0.39, 0.29) is 17.4 Å². The summed E-state index contributed by atoms with van der Waals surface area (Å²) in [7, 11) is 3.66. The minimum atomic E-state index is -0.352. The number of guanidine groups is 1. The van der Waals surface area contributed by atoms with Crippen LogP contribution in [0, 0.1) is 5.41 Å². The molecule has 0 spiro atoms. The summed E-state index contributed by atoms with van der Waals surface area (Å²) in [5, 5.41) is 7.45. The molecule has 1 aliphatic carbocycles. The molecule has 5 nitrogen and oxygen atoms in total. The molecule has 1 saturated carbocycles. The van der Waals surface area contributed by atoms with Crippen molar-refractivity contribution in [1.82, 2.24) is 15.5 Å². The Balaban J connectivity index is 2.12. The largest absolute Gasteiger partial charge is 0.357 e. The molecule has 1 aromatic carbocycles. The Morgan fingerprint density at radius 1 is 1.27 bits per heavy atom. The Bertz CT molecular complexity index is 621. The highest BCUT2D eigenvalue weighted by Gasteiger charge is 2.42. The Morgan fingerprint density at radius 2 is 1.88 bits per heavy atom. The van der Waals surface area contributed by atoms with E-state index in [1.807, 2.05) is 45.3 Å².